The number of ether oxygens (including phenoxy) is 1. The maximum atomic E-state index is 13.1. The highest BCUT2D eigenvalue weighted by Gasteiger charge is 2.37. The number of piperazine rings is 1. The van der Waals surface area contributed by atoms with Gasteiger partial charge in [-0.2, -0.15) is 0 Å². The molecule has 0 bridgehead atoms. The number of carbonyl (C=O) groups excluding carboxylic acids is 1. The molecule has 2 fully saturated rings. The average Bonchev–Trinajstić information content (AvgIpc) is 2.83. The van der Waals surface area contributed by atoms with Gasteiger partial charge in [-0.15, -0.1) is 0 Å². The van der Waals surface area contributed by atoms with Crippen LogP contribution >= 0.6 is 11.6 Å². The number of nitrogens with zero attached hydrogens (tertiary/aromatic N) is 3. The van der Waals surface area contributed by atoms with E-state index < -0.39 is 0 Å². The Hall–Kier alpha value is -2.08. The molecule has 0 N–H and O–H groups in total. The van der Waals surface area contributed by atoms with Crippen LogP contribution < -0.4 is 4.74 Å². The zero-order valence-corrected chi connectivity index (χ0v) is 21.8. The van der Waals surface area contributed by atoms with Gasteiger partial charge < -0.3 is 14.5 Å². The van der Waals surface area contributed by atoms with Gasteiger partial charge in [0.2, 0.25) is 0 Å². The van der Waals surface area contributed by atoms with Crippen molar-refractivity contribution < 1.29 is 9.53 Å². The minimum absolute atomic E-state index is 0.112. The number of benzene rings is 2. The third kappa shape index (κ3) is 5.59. The molecule has 2 aliphatic rings. The van der Waals surface area contributed by atoms with Gasteiger partial charge in [-0.05, 0) is 101 Å². The van der Waals surface area contributed by atoms with Crippen molar-refractivity contribution in [2.75, 3.05) is 46.9 Å². The fourth-order valence-electron chi connectivity index (χ4n) is 5.44. The van der Waals surface area contributed by atoms with Crippen molar-refractivity contribution in [3.8, 4) is 5.75 Å². The van der Waals surface area contributed by atoms with Crippen molar-refractivity contribution in [2.45, 2.75) is 51.6 Å². The quantitative estimate of drug-likeness (QED) is 0.498. The lowest BCUT2D eigenvalue weighted by molar-refractivity contribution is 0.0101. The molecule has 1 unspecified atom stereocenters. The first-order valence-electron chi connectivity index (χ1n) is 12.5. The van der Waals surface area contributed by atoms with E-state index in [1.807, 2.05) is 17.0 Å². The Balaban J connectivity index is 1.43. The predicted octanol–water partition coefficient (Wildman–Crippen LogP) is 5.34. The van der Waals surface area contributed by atoms with Gasteiger partial charge in [-0.25, -0.2) is 0 Å². The van der Waals surface area contributed by atoms with E-state index in [1.54, 1.807) is 12.1 Å². The fourth-order valence-corrected chi connectivity index (χ4v) is 5.57. The summed E-state index contributed by atoms with van der Waals surface area (Å²) in [5.74, 6) is 1.12. The lowest BCUT2D eigenvalue weighted by atomic mass is 9.86. The number of halogens is 1. The van der Waals surface area contributed by atoms with Crippen LogP contribution in [-0.2, 0) is 0 Å². The van der Waals surface area contributed by atoms with Crippen LogP contribution in [0.2, 0.25) is 5.02 Å². The second kappa shape index (κ2) is 11.1. The number of amides is 1. The molecule has 2 aromatic rings. The van der Waals surface area contributed by atoms with Crippen molar-refractivity contribution in [2.24, 2.45) is 0 Å². The molecule has 4 rings (SSSR count). The van der Waals surface area contributed by atoms with Gasteiger partial charge in [0.15, 0.2) is 0 Å². The first kappa shape index (κ1) is 25.0. The van der Waals surface area contributed by atoms with E-state index in [0.717, 1.165) is 56.9 Å². The third-order valence-corrected chi connectivity index (χ3v) is 7.72. The molecule has 2 atom stereocenters. The first-order valence-corrected chi connectivity index (χ1v) is 12.9. The molecule has 5 nitrogen and oxygen atoms in total. The Kier molecular flexibility index (Phi) is 8.18. The summed E-state index contributed by atoms with van der Waals surface area (Å²) < 4.78 is 6.11. The van der Waals surface area contributed by atoms with Crippen LogP contribution in [0.15, 0.2) is 36.4 Å². The topological polar surface area (TPSA) is 36.0 Å². The van der Waals surface area contributed by atoms with Crippen LogP contribution in [0.25, 0.3) is 0 Å². The number of fused-ring (bicyclic) bond motifs is 1. The molecular formula is C28H38ClN3O2. The Morgan fingerprint density at radius 1 is 1.06 bits per heavy atom. The summed E-state index contributed by atoms with van der Waals surface area (Å²) in [7, 11) is 4.18. The largest absolute Gasteiger partial charge is 0.493 e. The normalized spacial score (nSPS) is 20.9. The third-order valence-electron chi connectivity index (χ3n) is 7.47. The summed E-state index contributed by atoms with van der Waals surface area (Å²) in [5, 5.41) is 0.659. The summed E-state index contributed by atoms with van der Waals surface area (Å²) in [5.41, 5.74) is 4.73. The fraction of sp³-hybridized carbons (Fsp3) is 0.536. The van der Waals surface area contributed by atoms with Gasteiger partial charge in [0, 0.05) is 48.8 Å². The number of hydrogen-bond acceptors (Lipinski definition) is 4. The number of piperidine rings is 1. The molecule has 2 heterocycles. The molecule has 1 amide bonds. The lowest BCUT2D eigenvalue weighted by Gasteiger charge is -2.48. The molecule has 2 aromatic carbocycles. The van der Waals surface area contributed by atoms with Crippen molar-refractivity contribution in [3.05, 3.63) is 63.7 Å². The maximum absolute atomic E-state index is 13.1. The smallest absolute Gasteiger partial charge is 0.253 e. The standard InChI is InChI=1S/C28H38ClN3O2/c1-20-21(2)27(34-18-6-15-30(3)4)14-13-25(20)26-8-5-7-24-19-31(16-17-32(24)26)28(33)22-9-11-23(29)12-10-22/h9-14,24,26H,5-8,15-19H2,1-4H3/t24-,26?/m0/s1. The molecule has 6 heteroatoms. The molecule has 34 heavy (non-hydrogen) atoms. The summed E-state index contributed by atoms with van der Waals surface area (Å²) >= 11 is 6.00. The van der Waals surface area contributed by atoms with Crippen molar-refractivity contribution in [3.63, 3.8) is 0 Å². The monoisotopic (exact) mass is 483 g/mol. The van der Waals surface area contributed by atoms with E-state index in [0.29, 0.717) is 17.1 Å². The first-order chi connectivity index (χ1) is 16.3. The van der Waals surface area contributed by atoms with Gasteiger partial charge in [0.1, 0.15) is 5.75 Å². The minimum Gasteiger partial charge on any atom is -0.493 e. The molecule has 0 radical (unpaired) electrons. The van der Waals surface area contributed by atoms with Crippen molar-refractivity contribution in [1.82, 2.24) is 14.7 Å². The second-order valence-corrected chi connectivity index (χ2v) is 10.4. The molecule has 184 valence electrons. The zero-order chi connectivity index (χ0) is 24.2. The molecule has 2 aliphatic heterocycles. The van der Waals surface area contributed by atoms with Crippen LogP contribution in [0.3, 0.4) is 0 Å². The second-order valence-electron chi connectivity index (χ2n) is 10.0. The van der Waals surface area contributed by atoms with Gasteiger partial charge in [-0.3, -0.25) is 9.69 Å². The van der Waals surface area contributed by atoms with Crippen LogP contribution in [0.5, 0.6) is 5.75 Å². The lowest BCUT2D eigenvalue weighted by Crippen LogP contribution is -2.57. The van der Waals surface area contributed by atoms with Crippen molar-refractivity contribution in [1.29, 1.82) is 0 Å². The van der Waals surface area contributed by atoms with E-state index in [1.165, 1.54) is 29.5 Å². The highest BCUT2D eigenvalue weighted by Crippen LogP contribution is 2.39. The molecule has 0 aliphatic carbocycles. The highest BCUT2D eigenvalue weighted by molar-refractivity contribution is 6.30. The van der Waals surface area contributed by atoms with Gasteiger partial charge in [-0.1, -0.05) is 17.7 Å². The molecule has 0 spiro atoms. The average molecular weight is 484 g/mol. The van der Waals surface area contributed by atoms with Crippen molar-refractivity contribution >= 4 is 17.5 Å². The number of hydrogen-bond donors (Lipinski definition) is 0. The summed E-state index contributed by atoms with van der Waals surface area (Å²) in [4.78, 5) is 19.9. The SMILES string of the molecule is Cc1c(OCCCN(C)C)ccc(C2CCC[C@H]3CN(C(=O)c4ccc(Cl)cc4)CCN23)c1C. The van der Waals surface area contributed by atoms with Crippen LogP contribution in [0.4, 0.5) is 0 Å². The zero-order valence-electron chi connectivity index (χ0n) is 21.0. The Morgan fingerprint density at radius 3 is 2.56 bits per heavy atom. The van der Waals surface area contributed by atoms with Crippen LogP contribution in [0.1, 0.15) is 58.8 Å². The predicted molar refractivity (Wildman–Crippen MR) is 139 cm³/mol. The Labute approximate surface area is 209 Å². The van der Waals surface area contributed by atoms with Crippen LogP contribution in [0, 0.1) is 13.8 Å². The maximum Gasteiger partial charge on any atom is 0.253 e. The molecule has 0 aromatic heterocycles. The van der Waals surface area contributed by atoms with Gasteiger partial charge in [0.25, 0.3) is 5.91 Å². The van der Waals surface area contributed by atoms with Gasteiger partial charge >= 0.3 is 0 Å². The highest BCUT2D eigenvalue weighted by atomic mass is 35.5. The Morgan fingerprint density at radius 2 is 1.82 bits per heavy atom. The molecule has 0 saturated carbocycles. The summed E-state index contributed by atoms with van der Waals surface area (Å²) in [6.45, 7) is 8.67. The number of carbonyl (C=O) groups is 1. The molecule has 2 saturated heterocycles. The van der Waals surface area contributed by atoms with E-state index in [2.05, 4.69) is 49.9 Å². The number of rotatable bonds is 7. The van der Waals surface area contributed by atoms with Crippen LogP contribution in [-0.4, -0.2) is 73.5 Å². The van der Waals surface area contributed by atoms with Gasteiger partial charge in [0.05, 0.1) is 6.61 Å². The van der Waals surface area contributed by atoms with E-state index in [4.69, 9.17) is 16.3 Å². The van der Waals surface area contributed by atoms with E-state index in [-0.39, 0.29) is 5.91 Å². The van der Waals surface area contributed by atoms with E-state index >= 15 is 0 Å². The minimum atomic E-state index is 0.112. The summed E-state index contributed by atoms with van der Waals surface area (Å²) in [6, 6.07) is 12.5. The molecular weight excluding hydrogens is 446 g/mol. The van der Waals surface area contributed by atoms with E-state index in [9.17, 15) is 4.79 Å². The summed E-state index contributed by atoms with van der Waals surface area (Å²) in [6.07, 6.45) is 4.53. The Bertz CT molecular complexity index is 992.